The number of hydrogen-bond acceptors (Lipinski definition) is 3. The fourth-order valence-electron chi connectivity index (χ4n) is 1.96. The molecule has 1 atom stereocenters. The summed E-state index contributed by atoms with van der Waals surface area (Å²) in [6, 6.07) is 5.69. The van der Waals surface area contributed by atoms with E-state index < -0.39 is 6.10 Å². The Bertz CT molecular complexity index is 534. The number of aliphatic hydroxyl groups excluding tert-OH is 1. The highest BCUT2D eigenvalue weighted by molar-refractivity contribution is 5.39. The molecule has 4 nitrogen and oxygen atoms in total. The maximum atomic E-state index is 10.3. The van der Waals surface area contributed by atoms with E-state index in [2.05, 4.69) is 5.10 Å². The summed E-state index contributed by atoms with van der Waals surface area (Å²) >= 11 is 0. The Morgan fingerprint density at radius 1 is 1.39 bits per heavy atom. The van der Waals surface area contributed by atoms with Crippen LogP contribution in [0.5, 0.6) is 5.75 Å². The number of benzene rings is 1. The number of aliphatic hydroxyl groups is 1. The molecule has 2 aromatic rings. The molecule has 0 saturated heterocycles. The van der Waals surface area contributed by atoms with E-state index in [9.17, 15) is 5.11 Å². The van der Waals surface area contributed by atoms with E-state index in [1.165, 1.54) is 0 Å². The number of aromatic nitrogens is 2. The largest absolute Gasteiger partial charge is 0.496 e. The average molecular weight is 246 g/mol. The van der Waals surface area contributed by atoms with Crippen molar-refractivity contribution < 1.29 is 9.84 Å². The van der Waals surface area contributed by atoms with Gasteiger partial charge in [0.15, 0.2) is 0 Å². The van der Waals surface area contributed by atoms with E-state index in [1.807, 2.05) is 38.2 Å². The minimum absolute atomic E-state index is 0.644. The third kappa shape index (κ3) is 2.38. The smallest absolute Gasteiger partial charge is 0.121 e. The van der Waals surface area contributed by atoms with Crippen LogP contribution in [0.25, 0.3) is 0 Å². The van der Waals surface area contributed by atoms with Crippen LogP contribution in [0.15, 0.2) is 30.6 Å². The van der Waals surface area contributed by atoms with Crippen molar-refractivity contribution in [2.75, 3.05) is 7.11 Å². The molecule has 96 valence electrons. The zero-order valence-electron chi connectivity index (χ0n) is 10.9. The summed E-state index contributed by atoms with van der Waals surface area (Å²) in [7, 11) is 1.64. The average Bonchev–Trinajstić information content (AvgIpc) is 2.86. The van der Waals surface area contributed by atoms with Crippen LogP contribution in [-0.2, 0) is 6.54 Å². The molecule has 1 aromatic carbocycles. The third-order valence-electron chi connectivity index (χ3n) is 3.03. The third-order valence-corrected chi connectivity index (χ3v) is 3.03. The lowest BCUT2D eigenvalue weighted by atomic mass is 10.0. The van der Waals surface area contributed by atoms with E-state index in [0.717, 1.165) is 29.0 Å². The molecule has 0 bridgehead atoms. The molecule has 1 heterocycles. The van der Waals surface area contributed by atoms with Crippen molar-refractivity contribution in [3.05, 3.63) is 47.3 Å². The van der Waals surface area contributed by atoms with Crippen molar-refractivity contribution >= 4 is 0 Å². The van der Waals surface area contributed by atoms with Crippen molar-refractivity contribution in [3.63, 3.8) is 0 Å². The topological polar surface area (TPSA) is 47.3 Å². The predicted molar refractivity (Wildman–Crippen MR) is 69.7 cm³/mol. The summed E-state index contributed by atoms with van der Waals surface area (Å²) in [5, 5.41) is 14.5. The second-order valence-corrected chi connectivity index (χ2v) is 4.26. The van der Waals surface area contributed by atoms with Gasteiger partial charge in [-0.1, -0.05) is 6.07 Å². The highest BCUT2D eigenvalue weighted by Gasteiger charge is 2.13. The van der Waals surface area contributed by atoms with Crippen molar-refractivity contribution in [1.82, 2.24) is 9.78 Å². The summed E-state index contributed by atoms with van der Waals surface area (Å²) in [5.74, 6) is 0.829. The molecule has 1 aromatic heterocycles. The summed E-state index contributed by atoms with van der Waals surface area (Å²) in [4.78, 5) is 0. The first-order valence-corrected chi connectivity index (χ1v) is 6.00. The van der Waals surface area contributed by atoms with Crippen molar-refractivity contribution in [3.8, 4) is 5.75 Å². The van der Waals surface area contributed by atoms with Crippen molar-refractivity contribution in [1.29, 1.82) is 0 Å². The highest BCUT2D eigenvalue weighted by atomic mass is 16.5. The molecule has 0 aliphatic carbocycles. The van der Waals surface area contributed by atoms with Gasteiger partial charge in [0.1, 0.15) is 11.9 Å². The summed E-state index contributed by atoms with van der Waals surface area (Å²) in [5.41, 5.74) is 2.67. The molecule has 0 saturated carbocycles. The Labute approximate surface area is 107 Å². The Morgan fingerprint density at radius 2 is 2.17 bits per heavy atom. The van der Waals surface area contributed by atoms with E-state index in [0.29, 0.717) is 0 Å². The molecule has 4 heteroatoms. The van der Waals surface area contributed by atoms with Crippen LogP contribution >= 0.6 is 0 Å². The molecule has 1 unspecified atom stereocenters. The first-order valence-electron chi connectivity index (χ1n) is 6.00. The van der Waals surface area contributed by atoms with Crippen LogP contribution in [-0.4, -0.2) is 22.0 Å². The number of nitrogens with zero attached hydrogens (tertiary/aromatic N) is 2. The number of rotatable bonds is 4. The zero-order valence-corrected chi connectivity index (χ0v) is 10.9. The van der Waals surface area contributed by atoms with Gasteiger partial charge in [0.2, 0.25) is 0 Å². The number of hydrogen-bond donors (Lipinski definition) is 1. The van der Waals surface area contributed by atoms with Crippen molar-refractivity contribution in [2.24, 2.45) is 0 Å². The molecule has 1 N–H and O–H groups in total. The van der Waals surface area contributed by atoms with E-state index in [1.54, 1.807) is 18.0 Å². The lowest BCUT2D eigenvalue weighted by Gasteiger charge is -2.11. The van der Waals surface area contributed by atoms with Crippen LogP contribution in [0.4, 0.5) is 0 Å². The van der Waals surface area contributed by atoms with Crippen LogP contribution in [0.1, 0.15) is 29.7 Å². The van der Waals surface area contributed by atoms with E-state index in [-0.39, 0.29) is 0 Å². The van der Waals surface area contributed by atoms with E-state index in [4.69, 9.17) is 4.74 Å². The maximum absolute atomic E-state index is 10.3. The van der Waals surface area contributed by atoms with Crippen LogP contribution < -0.4 is 4.74 Å². The molecule has 0 fully saturated rings. The Kier molecular flexibility index (Phi) is 3.67. The second-order valence-electron chi connectivity index (χ2n) is 4.26. The molecule has 0 spiro atoms. The molecule has 0 aliphatic rings. The molecule has 0 aliphatic heterocycles. The number of ether oxygens (including phenoxy) is 1. The van der Waals surface area contributed by atoms with Crippen LogP contribution in [0.2, 0.25) is 0 Å². The highest BCUT2D eigenvalue weighted by Crippen LogP contribution is 2.26. The fourth-order valence-corrected chi connectivity index (χ4v) is 1.96. The quantitative estimate of drug-likeness (QED) is 0.900. The lowest BCUT2D eigenvalue weighted by molar-refractivity contribution is 0.220. The first kappa shape index (κ1) is 12.6. The van der Waals surface area contributed by atoms with E-state index >= 15 is 0 Å². The monoisotopic (exact) mass is 246 g/mol. The molecule has 2 rings (SSSR count). The van der Waals surface area contributed by atoms with Gasteiger partial charge in [-0.2, -0.15) is 5.10 Å². The van der Waals surface area contributed by atoms with Gasteiger partial charge >= 0.3 is 0 Å². The summed E-state index contributed by atoms with van der Waals surface area (Å²) in [6.45, 7) is 4.78. The van der Waals surface area contributed by atoms with Gasteiger partial charge < -0.3 is 9.84 Å². The van der Waals surface area contributed by atoms with Gasteiger partial charge in [-0.15, -0.1) is 0 Å². The summed E-state index contributed by atoms with van der Waals surface area (Å²) < 4.78 is 7.01. The molecule has 0 radical (unpaired) electrons. The Balaban J connectivity index is 2.27. The second kappa shape index (κ2) is 5.23. The number of aryl methyl sites for hydroxylation is 2. The molecule has 0 amide bonds. The van der Waals surface area contributed by atoms with Gasteiger partial charge in [-0.25, -0.2) is 0 Å². The number of methoxy groups -OCH3 is 1. The fraction of sp³-hybridized carbons (Fsp3) is 0.357. The maximum Gasteiger partial charge on any atom is 0.121 e. The SMILES string of the molecule is CCn1cc(C(O)c2ccc(OC)c(C)c2)cn1. The van der Waals surface area contributed by atoms with Crippen molar-refractivity contribution in [2.45, 2.75) is 26.5 Å². The van der Waals surface area contributed by atoms with Crippen LogP contribution in [0.3, 0.4) is 0 Å². The Hall–Kier alpha value is -1.81. The summed E-state index contributed by atoms with van der Waals surface area (Å²) in [6.07, 6.45) is 2.92. The molecular formula is C14H18N2O2. The normalized spacial score (nSPS) is 12.4. The minimum Gasteiger partial charge on any atom is -0.496 e. The van der Waals surface area contributed by atoms with Gasteiger partial charge in [-0.3, -0.25) is 4.68 Å². The Morgan fingerprint density at radius 3 is 2.72 bits per heavy atom. The lowest BCUT2D eigenvalue weighted by Crippen LogP contribution is -2.00. The molecule has 18 heavy (non-hydrogen) atoms. The van der Waals surface area contributed by atoms with Gasteiger partial charge in [0, 0.05) is 18.3 Å². The first-order chi connectivity index (χ1) is 8.65. The zero-order chi connectivity index (χ0) is 13.1. The van der Waals surface area contributed by atoms with Crippen LogP contribution in [0, 0.1) is 6.92 Å². The predicted octanol–water partition coefficient (Wildman–Crippen LogP) is 2.30. The van der Waals surface area contributed by atoms with Gasteiger partial charge in [0.25, 0.3) is 0 Å². The van der Waals surface area contributed by atoms with Gasteiger partial charge in [-0.05, 0) is 37.1 Å². The molecular weight excluding hydrogens is 228 g/mol. The standard InChI is InChI=1S/C14H18N2O2/c1-4-16-9-12(8-15-16)14(17)11-5-6-13(18-3)10(2)7-11/h5-9,14,17H,4H2,1-3H3. The minimum atomic E-state index is -0.644. The van der Waals surface area contributed by atoms with Gasteiger partial charge in [0.05, 0.1) is 13.3 Å².